The number of hydrogen-bond acceptors (Lipinski definition) is 4. The number of aromatic amines is 1. The molecule has 0 spiro atoms. The Hall–Kier alpha value is -0.980. The van der Waals surface area contributed by atoms with Crippen molar-refractivity contribution in [1.82, 2.24) is 9.55 Å². The van der Waals surface area contributed by atoms with Gasteiger partial charge in [0.25, 0.3) is 5.56 Å². The van der Waals surface area contributed by atoms with E-state index >= 15 is 0 Å². The van der Waals surface area contributed by atoms with E-state index in [4.69, 9.17) is 17.0 Å². The lowest BCUT2D eigenvalue weighted by Gasteiger charge is -2.40. The minimum Gasteiger partial charge on any atom is -0.376 e. The maximum atomic E-state index is 12.4. The van der Waals surface area contributed by atoms with Crippen LogP contribution in [0.15, 0.2) is 16.2 Å². The molecule has 4 nitrogen and oxygen atoms in total. The van der Waals surface area contributed by atoms with Crippen LogP contribution in [0.1, 0.15) is 19.3 Å². The fourth-order valence-corrected chi connectivity index (χ4v) is 3.50. The van der Waals surface area contributed by atoms with Gasteiger partial charge in [-0.25, -0.2) is 0 Å². The molecule has 2 heterocycles. The number of rotatable bonds is 3. The number of nitrogens with zero attached hydrogens (tertiary/aromatic N) is 1. The Morgan fingerprint density at radius 3 is 3.00 bits per heavy atom. The van der Waals surface area contributed by atoms with Gasteiger partial charge in [-0.1, -0.05) is 0 Å². The van der Waals surface area contributed by atoms with Crippen molar-refractivity contribution < 1.29 is 4.74 Å². The minimum absolute atomic E-state index is 0.0154. The number of thiophene rings is 1. The summed E-state index contributed by atoms with van der Waals surface area (Å²) in [5.41, 5.74) is -0.215. The van der Waals surface area contributed by atoms with E-state index in [1.165, 1.54) is 11.3 Å². The average Bonchev–Trinajstić information content (AvgIpc) is 2.75. The summed E-state index contributed by atoms with van der Waals surface area (Å²) >= 11 is 6.78. The normalized spacial score (nSPS) is 17.8. The summed E-state index contributed by atoms with van der Waals surface area (Å²) in [5.74, 6) is 0. The van der Waals surface area contributed by atoms with E-state index in [0.29, 0.717) is 16.7 Å². The van der Waals surface area contributed by atoms with Gasteiger partial charge in [-0.3, -0.25) is 9.36 Å². The van der Waals surface area contributed by atoms with Crippen LogP contribution in [0.25, 0.3) is 10.2 Å². The molecule has 1 fully saturated rings. The maximum Gasteiger partial charge on any atom is 0.263 e. The lowest BCUT2D eigenvalue weighted by atomic mass is 9.80. The summed E-state index contributed by atoms with van der Waals surface area (Å²) in [7, 11) is 1.71. The van der Waals surface area contributed by atoms with E-state index in [1.807, 2.05) is 11.4 Å². The highest BCUT2D eigenvalue weighted by atomic mass is 32.1. The van der Waals surface area contributed by atoms with Gasteiger partial charge >= 0.3 is 0 Å². The van der Waals surface area contributed by atoms with E-state index in [1.54, 1.807) is 11.7 Å². The molecule has 1 aliphatic carbocycles. The molecule has 0 aliphatic heterocycles. The first-order chi connectivity index (χ1) is 8.65. The molecule has 0 atom stereocenters. The summed E-state index contributed by atoms with van der Waals surface area (Å²) in [6.45, 7) is 0.545. The van der Waals surface area contributed by atoms with Crippen LogP contribution in [0.2, 0.25) is 0 Å². The summed E-state index contributed by atoms with van der Waals surface area (Å²) in [4.78, 5) is 16.3. The molecular formula is C12H14N2O2S2. The molecule has 0 amide bonds. The number of ether oxygens (including phenoxy) is 1. The van der Waals surface area contributed by atoms with Crippen molar-refractivity contribution in [3.63, 3.8) is 0 Å². The van der Waals surface area contributed by atoms with Gasteiger partial charge in [0.15, 0.2) is 4.77 Å². The van der Waals surface area contributed by atoms with Gasteiger partial charge in [-0.2, -0.15) is 0 Å². The molecule has 18 heavy (non-hydrogen) atoms. The third kappa shape index (κ3) is 1.75. The van der Waals surface area contributed by atoms with Crippen LogP contribution in [-0.4, -0.2) is 22.3 Å². The molecular weight excluding hydrogens is 268 g/mol. The molecule has 3 rings (SSSR count). The smallest absolute Gasteiger partial charge is 0.263 e. The lowest BCUT2D eigenvalue weighted by molar-refractivity contribution is -0.0844. The van der Waals surface area contributed by atoms with E-state index in [2.05, 4.69) is 4.98 Å². The zero-order chi connectivity index (χ0) is 12.8. The first kappa shape index (κ1) is 12.1. The van der Waals surface area contributed by atoms with E-state index in [9.17, 15) is 4.79 Å². The molecule has 0 radical (unpaired) electrons. The highest BCUT2D eigenvalue weighted by Crippen LogP contribution is 2.36. The summed E-state index contributed by atoms with van der Waals surface area (Å²) in [6, 6.07) is 1.84. The second-order valence-corrected chi connectivity index (χ2v) is 6.03. The molecule has 0 bridgehead atoms. The van der Waals surface area contributed by atoms with E-state index < -0.39 is 0 Å². The van der Waals surface area contributed by atoms with Crippen LogP contribution in [0.5, 0.6) is 0 Å². The van der Waals surface area contributed by atoms with Crippen LogP contribution < -0.4 is 5.56 Å². The fourth-order valence-electron chi connectivity index (χ4n) is 2.41. The van der Waals surface area contributed by atoms with E-state index in [0.717, 1.165) is 24.1 Å². The van der Waals surface area contributed by atoms with Crippen molar-refractivity contribution in [2.24, 2.45) is 0 Å². The highest BCUT2D eigenvalue weighted by Gasteiger charge is 2.38. The van der Waals surface area contributed by atoms with Crippen LogP contribution in [0.3, 0.4) is 0 Å². The van der Waals surface area contributed by atoms with Gasteiger partial charge < -0.3 is 9.72 Å². The van der Waals surface area contributed by atoms with Gasteiger partial charge in [0, 0.05) is 7.11 Å². The number of aromatic nitrogens is 2. The van der Waals surface area contributed by atoms with Crippen LogP contribution in [-0.2, 0) is 11.3 Å². The van der Waals surface area contributed by atoms with Gasteiger partial charge in [0.2, 0.25) is 0 Å². The van der Waals surface area contributed by atoms with Crippen molar-refractivity contribution >= 4 is 33.8 Å². The zero-order valence-corrected chi connectivity index (χ0v) is 11.7. The number of fused-ring (bicyclic) bond motifs is 1. The fraction of sp³-hybridized carbons (Fsp3) is 0.500. The first-order valence-corrected chi connectivity index (χ1v) is 7.19. The topological polar surface area (TPSA) is 47.0 Å². The Bertz CT molecular complexity index is 688. The number of H-pyrrole nitrogens is 1. The van der Waals surface area contributed by atoms with Gasteiger partial charge in [0.1, 0.15) is 4.83 Å². The SMILES string of the molecule is COC1(Cn2c(=S)[nH]c3sccc3c2=O)CCC1. The Kier molecular flexibility index (Phi) is 2.88. The number of nitrogens with one attached hydrogen (secondary N) is 1. The quantitative estimate of drug-likeness (QED) is 0.880. The third-order valence-electron chi connectivity index (χ3n) is 3.75. The van der Waals surface area contributed by atoms with Crippen molar-refractivity contribution in [2.75, 3.05) is 7.11 Å². The molecule has 0 unspecified atom stereocenters. The third-order valence-corrected chi connectivity index (χ3v) is 4.90. The van der Waals surface area contributed by atoms with Crippen molar-refractivity contribution in [1.29, 1.82) is 0 Å². The van der Waals surface area contributed by atoms with Crippen molar-refractivity contribution in [3.05, 3.63) is 26.6 Å². The second-order valence-electron chi connectivity index (χ2n) is 4.73. The van der Waals surface area contributed by atoms with E-state index in [-0.39, 0.29) is 11.2 Å². The number of methoxy groups -OCH3 is 1. The molecule has 1 saturated carbocycles. The molecule has 1 aliphatic rings. The monoisotopic (exact) mass is 282 g/mol. The first-order valence-electron chi connectivity index (χ1n) is 5.91. The van der Waals surface area contributed by atoms with Crippen LogP contribution in [0.4, 0.5) is 0 Å². The molecule has 6 heteroatoms. The van der Waals surface area contributed by atoms with Crippen molar-refractivity contribution in [3.8, 4) is 0 Å². The maximum absolute atomic E-state index is 12.4. The summed E-state index contributed by atoms with van der Waals surface area (Å²) in [6.07, 6.45) is 3.14. The highest BCUT2D eigenvalue weighted by molar-refractivity contribution is 7.71. The zero-order valence-electron chi connectivity index (χ0n) is 10.1. The Morgan fingerprint density at radius 2 is 2.39 bits per heavy atom. The number of hydrogen-bond donors (Lipinski definition) is 1. The predicted molar refractivity (Wildman–Crippen MR) is 74.9 cm³/mol. The van der Waals surface area contributed by atoms with Crippen molar-refractivity contribution in [2.45, 2.75) is 31.4 Å². The van der Waals surface area contributed by atoms with Gasteiger partial charge in [0.05, 0.1) is 17.5 Å². The summed E-state index contributed by atoms with van der Waals surface area (Å²) in [5, 5.41) is 2.61. The molecule has 2 aromatic rings. The Balaban J connectivity index is 2.11. The average molecular weight is 282 g/mol. The second kappa shape index (κ2) is 4.29. The molecule has 2 aromatic heterocycles. The lowest BCUT2D eigenvalue weighted by Crippen LogP contribution is -2.45. The largest absolute Gasteiger partial charge is 0.376 e. The van der Waals surface area contributed by atoms with Crippen LogP contribution in [0, 0.1) is 4.77 Å². The van der Waals surface area contributed by atoms with Crippen LogP contribution >= 0.6 is 23.6 Å². The molecule has 96 valence electrons. The predicted octanol–water partition coefficient (Wildman–Crippen LogP) is 2.69. The van der Waals surface area contributed by atoms with Gasteiger partial charge in [-0.15, -0.1) is 11.3 Å². The standard InChI is InChI=1S/C12H14N2O2S2/c1-16-12(4-2-5-12)7-14-10(15)8-3-6-18-9(8)13-11(14)17/h3,6H,2,4-5,7H2,1H3,(H,13,17). The molecule has 0 saturated heterocycles. The minimum atomic E-state index is -0.199. The van der Waals surface area contributed by atoms with Gasteiger partial charge in [-0.05, 0) is 42.9 Å². The Labute approximate surface area is 113 Å². The summed E-state index contributed by atoms with van der Waals surface area (Å²) < 4.78 is 7.68. The molecule has 1 N–H and O–H groups in total. The Morgan fingerprint density at radius 1 is 1.61 bits per heavy atom. The molecule has 0 aromatic carbocycles.